The molecule has 0 atom stereocenters. The zero-order valence-corrected chi connectivity index (χ0v) is 14.1. The van der Waals surface area contributed by atoms with Crippen molar-refractivity contribution in [1.29, 1.82) is 5.26 Å². The van der Waals surface area contributed by atoms with E-state index in [1.54, 1.807) is 49.4 Å². The van der Waals surface area contributed by atoms with E-state index >= 15 is 0 Å². The van der Waals surface area contributed by atoms with Crippen LogP contribution in [0.25, 0.3) is 22.5 Å². The largest absolute Gasteiger partial charge is 0.462 e. The number of carbonyl (C=O) groups excluding carboxylic acids is 1. The van der Waals surface area contributed by atoms with E-state index in [2.05, 4.69) is 0 Å². The number of carbonyl (C=O) groups is 1. The van der Waals surface area contributed by atoms with Gasteiger partial charge in [0.05, 0.1) is 18.2 Å². The summed E-state index contributed by atoms with van der Waals surface area (Å²) in [4.78, 5) is 24.8. The Hall–Kier alpha value is -3.65. The topological polar surface area (TPSA) is 80.3 Å². The maximum absolute atomic E-state index is 12.5. The number of esters is 1. The van der Waals surface area contributed by atoms with Crippen molar-refractivity contribution in [2.24, 2.45) is 0 Å². The molecule has 0 radical (unpaired) electrons. The molecule has 0 spiro atoms. The molecule has 0 saturated heterocycles. The van der Waals surface area contributed by atoms with Crippen LogP contribution in [0, 0.1) is 11.3 Å². The summed E-state index contributed by atoms with van der Waals surface area (Å²) in [5.41, 5.74) is 1.40. The minimum Gasteiger partial charge on any atom is -0.462 e. The van der Waals surface area contributed by atoms with Crippen molar-refractivity contribution < 1.29 is 13.9 Å². The average Bonchev–Trinajstić information content (AvgIpc) is 2.68. The lowest BCUT2D eigenvalue weighted by Gasteiger charge is -2.10. The molecule has 2 aromatic carbocycles. The first-order valence-electron chi connectivity index (χ1n) is 8.05. The molecule has 0 unspecified atom stereocenters. The molecular formula is C21H15NO4. The Bertz CT molecular complexity index is 1030. The van der Waals surface area contributed by atoms with E-state index in [0.29, 0.717) is 28.0 Å². The quantitative estimate of drug-likeness (QED) is 0.667. The number of ether oxygens (including phenoxy) is 1. The Morgan fingerprint density at radius 2 is 1.77 bits per heavy atom. The highest BCUT2D eigenvalue weighted by molar-refractivity contribution is 5.97. The summed E-state index contributed by atoms with van der Waals surface area (Å²) < 4.78 is 10.4. The van der Waals surface area contributed by atoms with Crippen molar-refractivity contribution in [2.45, 2.75) is 6.92 Å². The van der Waals surface area contributed by atoms with Crippen LogP contribution >= 0.6 is 0 Å². The lowest BCUT2D eigenvalue weighted by atomic mass is 9.99. The van der Waals surface area contributed by atoms with Gasteiger partial charge in [-0.3, -0.25) is 0 Å². The van der Waals surface area contributed by atoms with Gasteiger partial charge in [0, 0.05) is 11.1 Å². The smallest absolute Gasteiger partial charge is 0.351 e. The van der Waals surface area contributed by atoms with Crippen LogP contribution in [0.1, 0.15) is 22.8 Å². The van der Waals surface area contributed by atoms with Crippen molar-refractivity contribution in [3.63, 3.8) is 0 Å². The lowest BCUT2D eigenvalue weighted by Crippen LogP contribution is -2.18. The summed E-state index contributed by atoms with van der Waals surface area (Å²) in [6.07, 6.45) is 0. The van der Waals surface area contributed by atoms with E-state index in [1.165, 1.54) is 0 Å². The molecule has 0 saturated carbocycles. The summed E-state index contributed by atoms with van der Waals surface area (Å²) in [5.74, 6) is -0.405. The summed E-state index contributed by atoms with van der Waals surface area (Å²) >= 11 is 0. The van der Waals surface area contributed by atoms with E-state index < -0.39 is 11.6 Å². The van der Waals surface area contributed by atoms with E-state index in [-0.39, 0.29) is 12.2 Å². The average molecular weight is 345 g/mol. The lowest BCUT2D eigenvalue weighted by molar-refractivity contribution is 0.0522. The molecule has 3 aromatic rings. The molecule has 5 nitrogen and oxygen atoms in total. The molecule has 1 aromatic heterocycles. The van der Waals surface area contributed by atoms with Gasteiger partial charge in [0.2, 0.25) is 0 Å². The fourth-order valence-corrected chi connectivity index (χ4v) is 2.59. The zero-order chi connectivity index (χ0) is 18.5. The van der Waals surface area contributed by atoms with Crippen LogP contribution < -0.4 is 5.63 Å². The Morgan fingerprint density at radius 1 is 1.08 bits per heavy atom. The van der Waals surface area contributed by atoms with E-state index in [0.717, 1.165) is 0 Å². The predicted octanol–water partition coefficient (Wildman–Crippen LogP) is 4.02. The van der Waals surface area contributed by atoms with Gasteiger partial charge in [-0.15, -0.1) is 0 Å². The first kappa shape index (κ1) is 17.2. The van der Waals surface area contributed by atoms with E-state index in [4.69, 9.17) is 14.4 Å². The fraction of sp³-hybridized carbons (Fsp3) is 0.0952. The summed E-state index contributed by atoms with van der Waals surface area (Å²) in [6, 6.07) is 19.4. The molecule has 5 heteroatoms. The van der Waals surface area contributed by atoms with Crippen LogP contribution in [0.4, 0.5) is 0 Å². The fourth-order valence-electron chi connectivity index (χ4n) is 2.59. The van der Waals surface area contributed by atoms with Crippen molar-refractivity contribution >= 4 is 5.97 Å². The molecule has 128 valence electrons. The number of hydrogen-bond acceptors (Lipinski definition) is 5. The third-order valence-electron chi connectivity index (χ3n) is 3.81. The van der Waals surface area contributed by atoms with Crippen molar-refractivity contribution in [3.8, 4) is 28.5 Å². The zero-order valence-electron chi connectivity index (χ0n) is 14.1. The molecule has 1 heterocycles. The highest BCUT2D eigenvalue weighted by Gasteiger charge is 2.22. The highest BCUT2D eigenvalue weighted by Crippen LogP contribution is 2.28. The molecule has 0 aliphatic heterocycles. The summed E-state index contributed by atoms with van der Waals surface area (Å²) in [7, 11) is 0. The Labute approximate surface area is 150 Å². The van der Waals surface area contributed by atoms with Gasteiger partial charge in [-0.1, -0.05) is 30.3 Å². The monoisotopic (exact) mass is 345 g/mol. The van der Waals surface area contributed by atoms with Crippen molar-refractivity contribution in [3.05, 3.63) is 82.2 Å². The van der Waals surface area contributed by atoms with Crippen LogP contribution in [-0.4, -0.2) is 12.6 Å². The van der Waals surface area contributed by atoms with Gasteiger partial charge in [0.1, 0.15) is 5.76 Å². The minimum atomic E-state index is -0.760. The van der Waals surface area contributed by atoms with Gasteiger partial charge < -0.3 is 9.15 Å². The van der Waals surface area contributed by atoms with E-state index in [1.807, 2.05) is 24.3 Å². The number of nitrogens with zero attached hydrogens (tertiary/aromatic N) is 1. The maximum atomic E-state index is 12.5. The van der Waals surface area contributed by atoms with Crippen molar-refractivity contribution in [2.75, 3.05) is 6.61 Å². The SMILES string of the molecule is CCOC(=O)c1c(-c2ccccc2)cc(-c2ccc(C#N)cc2)oc1=O. The first-order chi connectivity index (χ1) is 12.6. The molecule has 0 aliphatic carbocycles. The minimum absolute atomic E-state index is 0.129. The van der Waals surface area contributed by atoms with Gasteiger partial charge in [0.15, 0.2) is 5.56 Å². The van der Waals surface area contributed by atoms with Crippen LogP contribution in [0.15, 0.2) is 69.9 Å². The number of nitriles is 1. The highest BCUT2D eigenvalue weighted by atomic mass is 16.5. The Kier molecular flexibility index (Phi) is 4.95. The van der Waals surface area contributed by atoms with Crippen LogP contribution in [0.3, 0.4) is 0 Å². The number of benzene rings is 2. The van der Waals surface area contributed by atoms with Gasteiger partial charge in [-0.2, -0.15) is 5.26 Å². The molecule has 0 fully saturated rings. The van der Waals surface area contributed by atoms with Crippen LogP contribution in [0.5, 0.6) is 0 Å². The van der Waals surface area contributed by atoms with Gasteiger partial charge >= 0.3 is 11.6 Å². The second-order valence-corrected chi connectivity index (χ2v) is 5.46. The Morgan fingerprint density at radius 3 is 2.38 bits per heavy atom. The van der Waals surface area contributed by atoms with Gasteiger partial charge in [-0.25, -0.2) is 9.59 Å². The molecule has 3 rings (SSSR count). The molecular weight excluding hydrogens is 330 g/mol. The first-order valence-corrected chi connectivity index (χ1v) is 8.05. The van der Waals surface area contributed by atoms with Crippen LogP contribution in [0.2, 0.25) is 0 Å². The second-order valence-electron chi connectivity index (χ2n) is 5.46. The van der Waals surface area contributed by atoms with Gasteiger partial charge in [-0.05, 0) is 42.8 Å². The molecule has 0 amide bonds. The van der Waals surface area contributed by atoms with E-state index in [9.17, 15) is 9.59 Å². The standard InChI is InChI=1S/C21H15NO4/c1-2-25-20(23)19-17(15-6-4-3-5-7-15)12-18(26-21(19)24)16-10-8-14(13-22)9-11-16/h3-12H,2H2,1H3. The number of rotatable bonds is 4. The van der Waals surface area contributed by atoms with Crippen molar-refractivity contribution in [1.82, 2.24) is 0 Å². The summed E-state index contributed by atoms with van der Waals surface area (Å²) in [6.45, 7) is 1.83. The number of hydrogen-bond donors (Lipinski definition) is 0. The Balaban J connectivity index is 2.20. The molecule has 0 N–H and O–H groups in total. The second kappa shape index (κ2) is 7.49. The normalized spacial score (nSPS) is 10.2. The van der Waals surface area contributed by atoms with Gasteiger partial charge in [0.25, 0.3) is 0 Å². The predicted molar refractivity (Wildman–Crippen MR) is 96.5 cm³/mol. The summed E-state index contributed by atoms with van der Waals surface area (Å²) in [5, 5.41) is 8.91. The molecule has 0 bridgehead atoms. The maximum Gasteiger partial charge on any atom is 0.351 e. The third-order valence-corrected chi connectivity index (χ3v) is 3.81. The molecule has 26 heavy (non-hydrogen) atoms. The van der Waals surface area contributed by atoms with Crippen LogP contribution in [-0.2, 0) is 4.74 Å². The third kappa shape index (κ3) is 3.40. The molecule has 0 aliphatic rings.